The Labute approximate surface area is 134 Å². The van der Waals surface area contributed by atoms with Crippen molar-refractivity contribution in [3.05, 3.63) is 70.6 Å². The number of nitrogens with one attached hydrogen (secondary N) is 1. The first-order valence-corrected chi connectivity index (χ1v) is 7.92. The van der Waals surface area contributed by atoms with Gasteiger partial charge in [-0.15, -0.1) is 11.3 Å². The molecule has 0 bridgehead atoms. The maximum Gasteiger partial charge on any atom is 0.204 e. The lowest BCUT2D eigenvalue weighted by atomic mass is 10.1. The average Bonchev–Trinajstić information content (AvgIpc) is 2.89. The molecule has 0 saturated carbocycles. The fourth-order valence-corrected chi connectivity index (χ4v) is 3.01. The molecule has 1 heterocycles. The molecule has 0 amide bonds. The molecule has 0 spiro atoms. The summed E-state index contributed by atoms with van der Waals surface area (Å²) in [6.07, 6.45) is 1.81. The molecule has 110 valence electrons. The van der Waals surface area contributed by atoms with Crippen molar-refractivity contribution in [2.45, 2.75) is 13.8 Å². The van der Waals surface area contributed by atoms with Crippen LogP contribution in [-0.2, 0) is 0 Å². The van der Waals surface area contributed by atoms with Gasteiger partial charge >= 0.3 is 0 Å². The second kappa shape index (κ2) is 6.54. The van der Waals surface area contributed by atoms with Crippen LogP contribution in [0.1, 0.15) is 16.0 Å². The van der Waals surface area contributed by atoms with Crippen molar-refractivity contribution in [2.24, 2.45) is 5.10 Å². The Morgan fingerprint density at radius 3 is 2.64 bits per heavy atom. The highest BCUT2D eigenvalue weighted by atomic mass is 32.1. The van der Waals surface area contributed by atoms with E-state index in [-0.39, 0.29) is 0 Å². The number of hydrazone groups is 1. The van der Waals surface area contributed by atoms with E-state index in [0.29, 0.717) is 0 Å². The Hall–Kier alpha value is -2.46. The van der Waals surface area contributed by atoms with Crippen molar-refractivity contribution < 1.29 is 0 Å². The lowest BCUT2D eigenvalue weighted by Crippen LogP contribution is -1.90. The molecule has 0 aliphatic heterocycles. The van der Waals surface area contributed by atoms with Gasteiger partial charge in [0.1, 0.15) is 0 Å². The number of rotatable bonds is 4. The standard InChI is InChI=1S/C18H17N3S/c1-13-7-6-8-15(11-13)12-19-21-18-20-17(14(2)22-18)16-9-4-3-5-10-16/h3-12H,1-2H3,(H,20,21)/b19-12-. The molecule has 2 aromatic carbocycles. The Balaban J connectivity index is 1.74. The quantitative estimate of drug-likeness (QED) is 0.551. The van der Waals surface area contributed by atoms with Crippen molar-refractivity contribution in [3.8, 4) is 11.3 Å². The van der Waals surface area contributed by atoms with E-state index in [1.165, 1.54) is 10.4 Å². The number of aromatic nitrogens is 1. The van der Waals surface area contributed by atoms with Gasteiger partial charge in [0.2, 0.25) is 5.13 Å². The lowest BCUT2D eigenvalue weighted by molar-refractivity contribution is 1.28. The molecule has 22 heavy (non-hydrogen) atoms. The first-order valence-electron chi connectivity index (χ1n) is 7.11. The molecule has 3 nitrogen and oxygen atoms in total. The first-order chi connectivity index (χ1) is 10.7. The first kappa shape index (κ1) is 14.5. The monoisotopic (exact) mass is 307 g/mol. The molecule has 0 atom stereocenters. The summed E-state index contributed by atoms with van der Waals surface area (Å²) in [6, 6.07) is 18.4. The molecule has 4 heteroatoms. The van der Waals surface area contributed by atoms with Crippen molar-refractivity contribution in [1.29, 1.82) is 0 Å². The van der Waals surface area contributed by atoms with Gasteiger partial charge in [0.25, 0.3) is 0 Å². The molecule has 1 N–H and O–H groups in total. The zero-order valence-corrected chi connectivity index (χ0v) is 13.4. The average molecular weight is 307 g/mol. The molecule has 0 radical (unpaired) electrons. The summed E-state index contributed by atoms with van der Waals surface area (Å²) in [7, 11) is 0. The fourth-order valence-electron chi connectivity index (χ4n) is 2.22. The number of hydrogen-bond donors (Lipinski definition) is 1. The van der Waals surface area contributed by atoms with Crippen molar-refractivity contribution >= 4 is 22.7 Å². The Kier molecular flexibility index (Phi) is 4.30. The van der Waals surface area contributed by atoms with Crippen LogP contribution in [0.2, 0.25) is 0 Å². The van der Waals surface area contributed by atoms with Crippen LogP contribution < -0.4 is 5.43 Å². The van der Waals surface area contributed by atoms with Gasteiger partial charge in [0.05, 0.1) is 11.9 Å². The molecule has 0 unspecified atom stereocenters. The number of benzene rings is 2. The molecule has 0 aliphatic carbocycles. The number of thiazole rings is 1. The lowest BCUT2D eigenvalue weighted by Gasteiger charge is -1.97. The minimum Gasteiger partial charge on any atom is -0.253 e. The largest absolute Gasteiger partial charge is 0.253 e. The van der Waals surface area contributed by atoms with Gasteiger partial charge in [-0.25, -0.2) is 4.98 Å². The maximum absolute atomic E-state index is 4.62. The summed E-state index contributed by atoms with van der Waals surface area (Å²) < 4.78 is 0. The maximum atomic E-state index is 4.62. The van der Waals surface area contributed by atoms with Gasteiger partial charge in [0.15, 0.2) is 0 Å². The highest BCUT2D eigenvalue weighted by Crippen LogP contribution is 2.30. The summed E-state index contributed by atoms with van der Waals surface area (Å²) in [6.45, 7) is 4.15. The molecule has 0 aliphatic rings. The zero-order chi connectivity index (χ0) is 15.4. The predicted molar refractivity (Wildman–Crippen MR) is 94.7 cm³/mol. The fraction of sp³-hybridized carbons (Fsp3) is 0.111. The molecular formula is C18H17N3S. The summed E-state index contributed by atoms with van der Waals surface area (Å²) in [5, 5.41) is 5.08. The van der Waals surface area contributed by atoms with Gasteiger partial charge in [-0.2, -0.15) is 5.10 Å². The second-order valence-electron chi connectivity index (χ2n) is 5.07. The topological polar surface area (TPSA) is 37.3 Å². The number of nitrogens with zero attached hydrogens (tertiary/aromatic N) is 2. The molecular weight excluding hydrogens is 290 g/mol. The summed E-state index contributed by atoms with van der Waals surface area (Å²) >= 11 is 1.61. The van der Waals surface area contributed by atoms with Gasteiger partial charge in [0, 0.05) is 10.4 Å². The molecule has 0 saturated heterocycles. The molecule has 3 rings (SSSR count). The van der Waals surface area contributed by atoms with E-state index in [1.807, 2.05) is 36.5 Å². The van der Waals surface area contributed by atoms with Gasteiger partial charge in [-0.05, 0) is 19.4 Å². The predicted octanol–water partition coefficient (Wildman–Crippen LogP) is 4.87. The van der Waals surface area contributed by atoms with E-state index in [9.17, 15) is 0 Å². The van der Waals surface area contributed by atoms with Crippen LogP contribution in [0.5, 0.6) is 0 Å². The Bertz CT molecular complexity index is 791. The Morgan fingerprint density at radius 1 is 1.05 bits per heavy atom. The summed E-state index contributed by atoms with van der Waals surface area (Å²) in [5.74, 6) is 0. The third-order valence-corrected chi connectivity index (χ3v) is 4.14. The van der Waals surface area contributed by atoms with E-state index in [1.54, 1.807) is 11.3 Å². The van der Waals surface area contributed by atoms with Gasteiger partial charge in [-0.1, -0.05) is 60.2 Å². The normalized spacial score (nSPS) is 11.0. The Morgan fingerprint density at radius 2 is 1.86 bits per heavy atom. The third kappa shape index (κ3) is 3.40. The SMILES string of the molecule is Cc1cccc(/C=N\Nc2nc(-c3ccccc3)c(C)s2)c1. The number of hydrogen-bond acceptors (Lipinski definition) is 4. The second-order valence-corrected chi connectivity index (χ2v) is 6.28. The van der Waals surface area contributed by atoms with Gasteiger partial charge in [-0.3, -0.25) is 5.43 Å². The van der Waals surface area contributed by atoms with Crippen molar-refractivity contribution in [3.63, 3.8) is 0 Å². The van der Waals surface area contributed by atoms with Crippen LogP contribution >= 0.6 is 11.3 Å². The number of aryl methyl sites for hydroxylation is 2. The van der Waals surface area contributed by atoms with E-state index >= 15 is 0 Å². The highest BCUT2D eigenvalue weighted by molar-refractivity contribution is 7.15. The van der Waals surface area contributed by atoms with Crippen LogP contribution in [0.15, 0.2) is 59.7 Å². The molecule has 3 aromatic rings. The van der Waals surface area contributed by atoms with Crippen LogP contribution in [0.25, 0.3) is 11.3 Å². The van der Waals surface area contributed by atoms with Crippen molar-refractivity contribution in [1.82, 2.24) is 4.98 Å². The highest BCUT2D eigenvalue weighted by Gasteiger charge is 2.08. The zero-order valence-electron chi connectivity index (χ0n) is 12.6. The summed E-state index contributed by atoms with van der Waals surface area (Å²) in [5.41, 5.74) is 7.46. The third-order valence-electron chi connectivity index (χ3n) is 3.26. The van der Waals surface area contributed by atoms with Crippen LogP contribution in [0.3, 0.4) is 0 Å². The van der Waals surface area contributed by atoms with E-state index in [4.69, 9.17) is 0 Å². The van der Waals surface area contributed by atoms with E-state index in [2.05, 4.69) is 53.6 Å². The van der Waals surface area contributed by atoms with Crippen LogP contribution in [-0.4, -0.2) is 11.2 Å². The van der Waals surface area contributed by atoms with E-state index in [0.717, 1.165) is 22.0 Å². The minimum atomic E-state index is 0.806. The minimum absolute atomic E-state index is 0.806. The van der Waals surface area contributed by atoms with Crippen LogP contribution in [0, 0.1) is 13.8 Å². The van der Waals surface area contributed by atoms with Gasteiger partial charge < -0.3 is 0 Å². The smallest absolute Gasteiger partial charge is 0.204 e. The number of anilines is 1. The van der Waals surface area contributed by atoms with Crippen LogP contribution in [0.4, 0.5) is 5.13 Å². The molecule has 0 fully saturated rings. The summed E-state index contributed by atoms with van der Waals surface area (Å²) in [4.78, 5) is 5.80. The molecule has 1 aromatic heterocycles. The van der Waals surface area contributed by atoms with Crippen molar-refractivity contribution in [2.75, 3.05) is 5.43 Å². The van der Waals surface area contributed by atoms with E-state index < -0.39 is 0 Å².